The first-order valence-electron chi connectivity index (χ1n) is 7.29. The number of hydrogen-bond donors (Lipinski definition) is 1. The SMILES string of the molecule is CCNC(COc1cc(C)ccc1F)c1ccc(C)cc1. The van der Waals surface area contributed by atoms with Crippen LogP contribution in [0.2, 0.25) is 0 Å². The van der Waals surface area contributed by atoms with Gasteiger partial charge >= 0.3 is 0 Å². The van der Waals surface area contributed by atoms with Crippen LogP contribution >= 0.6 is 0 Å². The summed E-state index contributed by atoms with van der Waals surface area (Å²) in [5.74, 6) is -0.00947. The van der Waals surface area contributed by atoms with Gasteiger partial charge in [0.2, 0.25) is 0 Å². The fourth-order valence-corrected chi connectivity index (χ4v) is 2.21. The molecule has 1 N–H and O–H groups in total. The second-order valence-electron chi connectivity index (χ2n) is 5.27. The highest BCUT2D eigenvalue weighted by Crippen LogP contribution is 2.21. The predicted octanol–water partition coefficient (Wildman–Crippen LogP) is 4.17. The first-order valence-corrected chi connectivity index (χ1v) is 7.29. The van der Waals surface area contributed by atoms with Crippen LogP contribution < -0.4 is 10.1 Å². The third kappa shape index (κ3) is 4.30. The minimum atomic E-state index is -0.320. The Morgan fingerprint density at radius 1 is 1.05 bits per heavy atom. The zero-order valence-corrected chi connectivity index (χ0v) is 12.8. The third-order valence-electron chi connectivity index (χ3n) is 3.42. The number of hydrogen-bond acceptors (Lipinski definition) is 2. The van der Waals surface area contributed by atoms with E-state index in [2.05, 4.69) is 43.4 Å². The number of likely N-dealkylation sites (N-methyl/N-ethyl adjacent to an activating group) is 1. The smallest absolute Gasteiger partial charge is 0.165 e. The van der Waals surface area contributed by atoms with Crippen LogP contribution in [0.15, 0.2) is 42.5 Å². The zero-order chi connectivity index (χ0) is 15.2. The molecule has 0 saturated carbocycles. The van der Waals surface area contributed by atoms with Crippen LogP contribution in [0.1, 0.15) is 29.7 Å². The Labute approximate surface area is 126 Å². The van der Waals surface area contributed by atoms with Crippen LogP contribution in [0.3, 0.4) is 0 Å². The fourth-order valence-electron chi connectivity index (χ4n) is 2.21. The van der Waals surface area contributed by atoms with Crippen molar-refractivity contribution in [1.29, 1.82) is 0 Å². The molecule has 0 aliphatic carbocycles. The van der Waals surface area contributed by atoms with Crippen molar-refractivity contribution in [2.24, 2.45) is 0 Å². The number of aryl methyl sites for hydroxylation is 2. The number of halogens is 1. The Morgan fingerprint density at radius 2 is 1.71 bits per heavy atom. The summed E-state index contributed by atoms with van der Waals surface area (Å²) in [7, 11) is 0. The quantitative estimate of drug-likeness (QED) is 0.861. The topological polar surface area (TPSA) is 21.3 Å². The second kappa shape index (κ2) is 7.23. The van der Waals surface area contributed by atoms with Crippen molar-refractivity contribution in [3.05, 3.63) is 65.0 Å². The maximum absolute atomic E-state index is 13.7. The van der Waals surface area contributed by atoms with Gasteiger partial charge in [-0.15, -0.1) is 0 Å². The summed E-state index contributed by atoms with van der Waals surface area (Å²) in [4.78, 5) is 0. The van der Waals surface area contributed by atoms with Gasteiger partial charge in [-0.1, -0.05) is 42.8 Å². The van der Waals surface area contributed by atoms with Gasteiger partial charge in [0, 0.05) is 0 Å². The Morgan fingerprint density at radius 3 is 2.38 bits per heavy atom. The maximum Gasteiger partial charge on any atom is 0.165 e. The molecule has 0 aliphatic rings. The molecule has 2 nitrogen and oxygen atoms in total. The molecule has 2 rings (SSSR count). The molecule has 112 valence electrons. The number of rotatable bonds is 6. The van der Waals surface area contributed by atoms with Gasteiger partial charge in [-0.25, -0.2) is 4.39 Å². The lowest BCUT2D eigenvalue weighted by molar-refractivity contribution is 0.257. The summed E-state index contributed by atoms with van der Waals surface area (Å²) in [5.41, 5.74) is 3.36. The molecule has 0 fully saturated rings. The molecule has 0 aliphatic heterocycles. The van der Waals surface area contributed by atoms with Gasteiger partial charge in [0.15, 0.2) is 11.6 Å². The minimum Gasteiger partial charge on any atom is -0.489 e. The summed E-state index contributed by atoms with van der Waals surface area (Å²) in [6, 6.07) is 13.3. The molecular weight excluding hydrogens is 265 g/mol. The first kappa shape index (κ1) is 15.5. The summed E-state index contributed by atoms with van der Waals surface area (Å²) < 4.78 is 19.4. The van der Waals surface area contributed by atoms with Gasteiger partial charge in [0.25, 0.3) is 0 Å². The summed E-state index contributed by atoms with van der Waals surface area (Å²) in [5, 5.41) is 3.38. The average molecular weight is 287 g/mol. The van der Waals surface area contributed by atoms with Crippen molar-refractivity contribution in [2.45, 2.75) is 26.8 Å². The van der Waals surface area contributed by atoms with Gasteiger partial charge in [-0.3, -0.25) is 0 Å². The molecule has 3 heteroatoms. The summed E-state index contributed by atoms with van der Waals surface area (Å²) in [6.07, 6.45) is 0. The Balaban J connectivity index is 2.09. The van der Waals surface area contributed by atoms with Gasteiger partial charge < -0.3 is 10.1 Å². The van der Waals surface area contributed by atoms with Gasteiger partial charge in [-0.2, -0.15) is 0 Å². The van der Waals surface area contributed by atoms with E-state index in [0.29, 0.717) is 12.4 Å². The number of benzene rings is 2. The highest BCUT2D eigenvalue weighted by Gasteiger charge is 2.12. The van der Waals surface area contributed by atoms with Crippen molar-refractivity contribution in [2.75, 3.05) is 13.2 Å². The predicted molar refractivity (Wildman–Crippen MR) is 84.2 cm³/mol. The van der Waals surface area contributed by atoms with Gasteiger partial charge in [0.05, 0.1) is 6.04 Å². The molecule has 0 aromatic heterocycles. The molecule has 0 spiro atoms. The van der Waals surface area contributed by atoms with E-state index in [9.17, 15) is 4.39 Å². The molecule has 2 aromatic rings. The molecule has 21 heavy (non-hydrogen) atoms. The van der Waals surface area contributed by atoms with Crippen LogP contribution in [-0.4, -0.2) is 13.2 Å². The lowest BCUT2D eigenvalue weighted by atomic mass is 10.1. The number of ether oxygens (including phenoxy) is 1. The van der Waals surface area contributed by atoms with E-state index in [1.165, 1.54) is 11.6 Å². The van der Waals surface area contributed by atoms with E-state index in [1.807, 2.05) is 6.92 Å². The molecule has 1 atom stereocenters. The average Bonchev–Trinajstić information content (AvgIpc) is 2.48. The first-order chi connectivity index (χ1) is 10.1. The van der Waals surface area contributed by atoms with E-state index in [1.54, 1.807) is 12.1 Å². The second-order valence-corrected chi connectivity index (χ2v) is 5.27. The Kier molecular flexibility index (Phi) is 5.34. The van der Waals surface area contributed by atoms with Crippen LogP contribution in [0.4, 0.5) is 4.39 Å². The lowest BCUT2D eigenvalue weighted by Gasteiger charge is -2.19. The minimum absolute atomic E-state index is 0.0514. The van der Waals surface area contributed by atoms with E-state index in [4.69, 9.17) is 4.74 Å². The number of nitrogens with one attached hydrogen (secondary N) is 1. The third-order valence-corrected chi connectivity index (χ3v) is 3.42. The van der Waals surface area contributed by atoms with Crippen LogP contribution in [-0.2, 0) is 0 Å². The van der Waals surface area contributed by atoms with Crippen molar-refractivity contribution in [1.82, 2.24) is 5.32 Å². The molecular formula is C18H22FNO. The van der Waals surface area contributed by atoms with Crippen LogP contribution in [0.5, 0.6) is 5.75 Å². The van der Waals surface area contributed by atoms with Crippen molar-refractivity contribution in [3.8, 4) is 5.75 Å². The maximum atomic E-state index is 13.7. The van der Waals surface area contributed by atoms with Crippen molar-refractivity contribution >= 4 is 0 Å². The van der Waals surface area contributed by atoms with Crippen LogP contribution in [0.25, 0.3) is 0 Å². The normalized spacial score (nSPS) is 12.2. The van der Waals surface area contributed by atoms with Crippen molar-refractivity contribution < 1.29 is 9.13 Å². The van der Waals surface area contributed by atoms with E-state index < -0.39 is 0 Å². The zero-order valence-electron chi connectivity index (χ0n) is 12.8. The molecule has 0 radical (unpaired) electrons. The monoisotopic (exact) mass is 287 g/mol. The van der Waals surface area contributed by atoms with Gasteiger partial charge in [-0.05, 0) is 43.7 Å². The van der Waals surface area contributed by atoms with E-state index in [0.717, 1.165) is 17.7 Å². The molecule has 0 heterocycles. The summed E-state index contributed by atoms with van der Waals surface area (Å²) in [6.45, 7) is 7.27. The molecule has 0 amide bonds. The Hall–Kier alpha value is -1.87. The Bertz CT molecular complexity index is 580. The highest BCUT2D eigenvalue weighted by atomic mass is 19.1. The van der Waals surface area contributed by atoms with Crippen molar-refractivity contribution in [3.63, 3.8) is 0 Å². The molecule has 0 saturated heterocycles. The largest absolute Gasteiger partial charge is 0.489 e. The lowest BCUT2D eigenvalue weighted by Crippen LogP contribution is -2.26. The molecule has 1 unspecified atom stereocenters. The molecule has 2 aromatic carbocycles. The summed E-state index contributed by atoms with van der Waals surface area (Å²) >= 11 is 0. The van der Waals surface area contributed by atoms with E-state index in [-0.39, 0.29) is 11.9 Å². The molecule has 0 bridgehead atoms. The fraction of sp³-hybridized carbons (Fsp3) is 0.333. The van der Waals surface area contributed by atoms with E-state index >= 15 is 0 Å². The van der Waals surface area contributed by atoms with Crippen LogP contribution in [0, 0.1) is 19.7 Å². The standard InChI is InChI=1S/C18H22FNO/c1-4-20-17(15-8-5-13(2)6-9-15)12-21-18-11-14(3)7-10-16(18)19/h5-11,17,20H,4,12H2,1-3H3. The van der Waals surface area contributed by atoms with Gasteiger partial charge in [0.1, 0.15) is 6.61 Å². The highest BCUT2D eigenvalue weighted by molar-refractivity contribution is 5.30.